The van der Waals surface area contributed by atoms with Gasteiger partial charge in [0.05, 0.1) is 0 Å². The van der Waals surface area contributed by atoms with Crippen molar-refractivity contribution in [1.29, 1.82) is 0 Å². The Morgan fingerprint density at radius 1 is 0.852 bits per heavy atom. The van der Waals surface area contributed by atoms with Crippen LogP contribution in [-0.2, 0) is 13.1 Å². The van der Waals surface area contributed by atoms with Gasteiger partial charge < -0.3 is 16.0 Å². The number of nitrogens with zero attached hydrogens (tertiary/aromatic N) is 3. The molecule has 0 heterocycles. The molecule has 0 amide bonds. The molecule has 0 saturated heterocycles. The molecule has 0 fully saturated rings. The minimum Gasteiger partial charge on any atom is -0.507 e. The minimum atomic E-state index is 0.0765. The van der Waals surface area contributed by atoms with Gasteiger partial charge in [-0.3, -0.25) is 9.80 Å². The third-order valence-corrected chi connectivity index (χ3v) is 4.62. The van der Waals surface area contributed by atoms with Gasteiger partial charge in [-0.2, -0.15) is 0 Å². The van der Waals surface area contributed by atoms with Gasteiger partial charge in [-0.25, -0.2) is 0 Å². The summed E-state index contributed by atoms with van der Waals surface area (Å²) in [5, 5.41) is 23.2. The molecule has 1 aromatic rings. The van der Waals surface area contributed by atoms with Crippen molar-refractivity contribution in [3.8, 4) is 5.75 Å². The van der Waals surface area contributed by atoms with Crippen LogP contribution in [0.15, 0.2) is 17.3 Å². The Hall–Kier alpha value is -1.79. The Kier molecular flexibility index (Phi) is 10.8. The molecule has 0 radical (unpaired) electrons. The molecule has 1 aromatic carbocycles. The van der Waals surface area contributed by atoms with Crippen LogP contribution >= 0.6 is 0 Å². The molecule has 0 atom stereocenters. The average molecular weight is 379 g/mol. The third-order valence-electron chi connectivity index (χ3n) is 4.62. The highest BCUT2D eigenvalue weighted by molar-refractivity contribution is 5.97. The Morgan fingerprint density at radius 2 is 1.22 bits per heavy atom. The fourth-order valence-corrected chi connectivity index (χ4v) is 3.49. The van der Waals surface area contributed by atoms with E-state index in [0.29, 0.717) is 24.4 Å². The quantitative estimate of drug-likeness (QED) is 0.211. The van der Waals surface area contributed by atoms with Crippen LogP contribution in [0.4, 0.5) is 0 Å². The van der Waals surface area contributed by atoms with E-state index in [1.165, 1.54) is 0 Å². The molecule has 4 N–H and O–H groups in total. The van der Waals surface area contributed by atoms with Crippen molar-refractivity contribution in [1.82, 2.24) is 9.80 Å². The van der Waals surface area contributed by atoms with Gasteiger partial charge in [0.15, 0.2) is 5.84 Å². The van der Waals surface area contributed by atoms with Crippen LogP contribution in [0.2, 0.25) is 0 Å². The van der Waals surface area contributed by atoms with E-state index in [1.807, 2.05) is 12.1 Å². The number of phenolic OH excluding ortho intramolecular Hbond substituents is 1. The topological polar surface area (TPSA) is 85.3 Å². The lowest BCUT2D eigenvalue weighted by atomic mass is 10.0. The highest BCUT2D eigenvalue weighted by atomic mass is 16.4. The van der Waals surface area contributed by atoms with E-state index < -0.39 is 0 Å². The molecule has 0 aromatic heterocycles. The average Bonchev–Trinajstić information content (AvgIpc) is 2.65. The first kappa shape index (κ1) is 23.2. The van der Waals surface area contributed by atoms with Crippen molar-refractivity contribution < 1.29 is 10.3 Å². The molecule has 0 unspecified atom stereocenters. The molecular formula is C21H38N4O2. The predicted octanol–water partition coefficient (Wildman–Crippen LogP) is 3.73. The maximum absolute atomic E-state index is 10.9. The summed E-state index contributed by atoms with van der Waals surface area (Å²) in [6.45, 7) is 13.9. The monoisotopic (exact) mass is 378 g/mol. The first-order chi connectivity index (χ1) is 13.0. The minimum absolute atomic E-state index is 0.0765. The number of phenols is 1. The van der Waals surface area contributed by atoms with Crippen LogP contribution in [0.25, 0.3) is 0 Å². The zero-order valence-electron chi connectivity index (χ0n) is 17.5. The van der Waals surface area contributed by atoms with E-state index in [-0.39, 0.29) is 5.84 Å². The first-order valence-electron chi connectivity index (χ1n) is 10.3. The van der Waals surface area contributed by atoms with Gasteiger partial charge in [-0.05, 0) is 64.0 Å². The van der Waals surface area contributed by atoms with Gasteiger partial charge in [-0.1, -0.05) is 32.9 Å². The highest BCUT2D eigenvalue weighted by Crippen LogP contribution is 2.28. The van der Waals surface area contributed by atoms with Crippen LogP contribution < -0.4 is 5.73 Å². The number of hydrogen-bond donors (Lipinski definition) is 3. The first-order valence-corrected chi connectivity index (χ1v) is 10.3. The summed E-state index contributed by atoms with van der Waals surface area (Å²) >= 11 is 0. The Labute approximate surface area is 164 Å². The van der Waals surface area contributed by atoms with Gasteiger partial charge in [0.25, 0.3) is 0 Å². The van der Waals surface area contributed by atoms with Gasteiger partial charge in [0.1, 0.15) is 5.75 Å². The molecule has 0 aliphatic carbocycles. The normalized spacial score (nSPS) is 12.3. The lowest BCUT2D eigenvalue weighted by Gasteiger charge is -2.25. The number of oxime groups is 1. The van der Waals surface area contributed by atoms with Gasteiger partial charge in [-0.15, -0.1) is 0 Å². The number of rotatable bonds is 13. The second-order valence-corrected chi connectivity index (χ2v) is 7.18. The standard InChI is InChI=1S/C21H38N4O2/c1-5-9-24(10-6-2)15-18-13-17(21(22)23-27)14-19(20(18)26)16-25(11-7-3)12-8-4/h13-14,26-27H,5-12,15-16H2,1-4H3,(H2,22,23). The smallest absolute Gasteiger partial charge is 0.170 e. The van der Waals surface area contributed by atoms with E-state index in [4.69, 9.17) is 10.9 Å². The Morgan fingerprint density at radius 3 is 1.52 bits per heavy atom. The summed E-state index contributed by atoms with van der Waals surface area (Å²) in [4.78, 5) is 4.68. The molecule has 154 valence electrons. The van der Waals surface area contributed by atoms with Crippen molar-refractivity contribution in [2.24, 2.45) is 10.9 Å². The third kappa shape index (κ3) is 7.39. The number of benzene rings is 1. The maximum Gasteiger partial charge on any atom is 0.170 e. The van der Waals surface area contributed by atoms with Crippen LogP contribution in [0.5, 0.6) is 5.75 Å². The molecule has 0 aliphatic rings. The van der Waals surface area contributed by atoms with E-state index in [9.17, 15) is 5.11 Å². The predicted molar refractivity (Wildman–Crippen MR) is 112 cm³/mol. The zero-order valence-corrected chi connectivity index (χ0v) is 17.5. The van der Waals surface area contributed by atoms with Gasteiger partial charge >= 0.3 is 0 Å². The van der Waals surface area contributed by atoms with Crippen molar-refractivity contribution in [2.45, 2.75) is 66.5 Å². The van der Waals surface area contributed by atoms with Crippen molar-refractivity contribution in [3.05, 3.63) is 28.8 Å². The fraction of sp³-hybridized carbons (Fsp3) is 0.667. The number of hydrogen-bond acceptors (Lipinski definition) is 5. The molecule has 0 bridgehead atoms. The van der Waals surface area contributed by atoms with Crippen molar-refractivity contribution in [2.75, 3.05) is 26.2 Å². The summed E-state index contributed by atoms with van der Waals surface area (Å²) < 4.78 is 0. The maximum atomic E-state index is 10.9. The van der Waals surface area contributed by atoms with Crippen LogP contribution in [0.3, 0.4) is 0 Å². The number of nitrogens with two attached hydrogens (primary N) is 1. The zero-order chi connectivity index (χ0) is 20.2. The van der Waals surface area contributed by atoms with Crippen molar-refractivity contribution in [3.63, 3.8) is 0 Å². The molecule has 6 heteroatoms. The van der Waals surface area contributed by atoms with E-state index in [2.05, 4.69) is 42.7 Å². The van der Waals surface area contributed by atoms with Crippen LogP contribution in [0.1, 0.15) is 70.1 Å². The second kappa shape index (κ2) is 12.6. The molecule has 0 aliphatic heterocycles. The fourth-order valence-electron chi connectivity index (χ4n) is 3.49. The van der Waals surface area contributed by atoms with Crippen LogP contribution in [-0.4, -0.2) is 52.1 Å². The van der Waals surface area contributed by atoms with Gasteiger partial charge in [0.2, 0.25) is 0 Å². The lowest BCUT2D eigenvalue weighted by molar-refractivity contribution is 0.255. The Bertz CT molecular complexity index is 539. The van der Waals surface area contributed by atoms with Gasteiger partial charge in [0, 0.05) is 29.8 Å². The lowest BCUT2D eigenvalue weighted by Crippen LogP contribution is -2.27. The summed E-state index contributed by atoms with van der Waals surface area (Å²) in [7, 11) is 0. The molecule has 1 rings (SSSR count). The number of amidine groups is 1. The van der Waals surface area contributed by atoms with E-state index in [1.54, 1.807) is 0 Å². The molecule has 0 spiro atoms. The molecule has 6 nitrogen and oxygen atoms in total. The summed E-state index contributed by atoms with van der Waals surface area (Å²) in [5.41, 5.74) is 8.20. The molecule has 0 saturated carbocycles. The highest BCUT2D eigenvalue weighted by Gasteiger charge is 2.17. The summed E-state index contributed by atoms with van der Waals surface area (Å²) in [6.07, 6.45) is 4.26. The Balaban J connectivity index is 3.24. The molecule has 27 heavy (non-hydrogen) atoms. The molecular weight excluding hydrogens is 340 g/mol. The number of aromatic hydroxyl groups is 1. The summed E-state index contributed by atoms with van der Waals surface area (Å²) in [5.74, 6) is 0.409. The second-order valence-electron chi connectivity index (χ2n) is 7.18. The van der Waals surface area contributed by atoms with E-state index >= 15 is 0 Å². The van der Waals surface area contributed by atoms with Crippen molar-refractivity contribution >= 4 is 5.84 Å². The largest absolute Gasteiger partial charge is 0.507 e. The van der Waals surface area contributed by atoms with Crippen LogP contribution in [0, 0.1) is 0 Å². The summed E-state index contributed by atoms with van der Waals surface area (Å²) in [6, 6.07) is 3.69. The van der Waals surface area contributed by atoms with E-state index in [0.717, 1.165) is 63.0 Å². The SMILES string of the molecule is CCCN(CCC)Cc1cc(C(N)=NO)cc(CN(CCC)CCC)c1O.